The van der Waals surface area contributed by atoms with Gasteiger partial charge in [-0.05, 0) is 0 Å². The van der Waals surface area contributed by atoms with Crippen molar-refractivity contribution in [2.45, 2.75) is 0 Å². The van der Waals surface area contributed by atoms with Gasteiger partial charge in [-0.25, -0.2) is 4.31 Å². The largest absolute Gasteiger partial charge is 0.760 e. The van der Waals surface area contributed by atoms with E-state index >= 15 is 0 Å². The van der Waals surface area contributed by atoms with Crippen LogP contribution < -0.4 is 0 Å². The summed E-state index contributed by atoms with van der Waals surface area (Å²) in [5.41, 5.74) is 0. The number of hydrogen-bond acceptors (Lipinski definition) is 4. The van der Waals surface area contributed by atoms with Crippen LogP contribution in [-0.2, 0) is 11.3 Å². The molecule has 1 heterocycles. The summed E-state index contributed by atoms with van der Waals surface area (Å²) in [4.78, 5) is 2.04. The van der Waals surface area contributed by atoms with Crippen LogP contribution in [0.3, 0.4) is 0 Å². The normalized spacial score (nSPS) is 24.2. The molecule has 0 radical (unpaired) electrons. The predicted octanol–water partition coefficient (Wildman–Crippen LogP) is -1.61. The van der Waals surface area contributed by atoms with Gasteiger partial charge in [0.15, 0.2) is 0 Å². The fourth-order valence-corrected chi connectivity index (χ4v) is 1.71. The molecule has 0 saturated carbocycles. The number of hydrogen-bond donors (Lipinski definition) is 1. The van der Waals surface area contributed by atoms with E-state index in [-0.39, 0.29) is 6.61 Å². The molecule has 1 atom stereocenters. The number of aliphatic hydroxyl groups excluding tert-OH is 1. The first-order valence-corrected chi connectivity index (χ1v) is 4.95. The molecule has 6 heteroatoms. The first kappa shape index (κ1) is 10.1. The lowest BCUT2D eigenvalue weighted by Gasteiger charge is -2.34. The summed E-state index contributed by atoms with van der Waals surface area (Å²) in [7, 11) is 0. The van der Waals surface area contributed by atoms with Crippen molar-refractivity contribution in [1.82, 2.24) is 9.21 Å². The third kappa shape index (κ3) is 2.80. The molecule has 0 aromatic carbocycles. The molecule has 1 fully saturated rings. The van der Waals surface area contributed by atoms with Gasteiger partial charge in [-0.3, -0.25) is 9.11 Å². The van der Waals surface area contributed by atoms with E-state index in [1.807, 2.05) is 4.90 Å². The van der Waals surface area contributed by atoms with Crippen molar-refractivity contribution in [1.29, 1.82) is 0 Å². The second kappa shape index (κ2) is 4.88. The molecule has 0 spiro atoms. The topological polar surface area (TPSA) is 66.8 Å². The Labute approximate surface area is 74.4 Å². The van der Waals surface area contributed by atoms with Crippen LogP contribution in [0, 0.1) is 0 Å². The quantitative estimate of drug-likeness (QED) is 0.548. The van der Waals surface area contributed by atoms with Crippen LogP contribution in [0.1, 0.15) is 0 Å². The third-order valence-corrected chi connectivity index (χ3v) is 2.75. The monoisotopic (exact) mass is 193 g/mol. The van der Waals surface area contributed by atoms with E-state index in [1.165, 1.54) is 4.31 Å². The van der Waals surface area contributed by atoms with Crippen LogP contribution in [0.2, 0.25) is 0 Å². The highest BCUT2D eigenvalue weighted by Crippen LogP contribution is 2.01. The van der Waals surface area contributed by atoms with Crippen molar-refractivity contribution < 1.29 is 13.9 Å². The van der Waals surface area contributed by atoms with Gasteiger partial charge in [0.2, 0.25) is 0 Å². The summed E-state index contributed by atoms with van der Waals surface area (Å²) < 4.78 is 22.4. The molecular formula is C6H13N2O3S-. The summed E-state index contributed by atoms with van der Waals surface area (Å²) in [5, 5.41) is 8.62. The van der Waals surface area contributed by atoms with Gasteiger partial charge in [-0.1, -0.05) is 0 Å². The Morgan fingerprint density at radius 2 is 1.92 bits per heavy atom. The van der Waals surface area contributed by atoms with Crippen LogP contribution in [-0.4, -0.2) is 62.4 Å². The first-order valence-electron chi connectivity index (χ1n) is 3.91. The number of β-amino-alcohol motifs (C(OH)–C–C–N with tert-alkyl or cyclic N) is 1. The van der Waals surface area contributed by atoms with E-state index in [0.29, 0.717) is 32.7 Å². The molecule has 12 heavy (non-hydrogen) atoms. The van der Waals surface area contributed by atoms with Gasteiger partial charge >= 0.3 is 0 Å². The lowest BCUT2D eigenvalue weighted by Crippen LogP contribution is -2.47. The van der Waals surface area contributed by atoms with Crippen LogP contribution in [0.4, 0.5) is 0 Å². The Balaban J connectivity index is 2.25. The third-order valence-electron chi connectivity index (χ3n) is 1.96. The molecule has 1 N–H and O–H groups in total. The van der Waals surface area contributed by atoms with E-state index in [2.05, 4.69) is 0 Å². The van der Waals surface area contributed by atoms with E-state index in [0.717, 1.165) is 0 Å². The zero-order valence-corrected chi connectivity index (χ0v) is 7.63. The van der Waals surface area contributed by atoms with E-state index < -0.39 is 11.3 Å². The molecule has 0 aromatic heterocycles. The maximum atomic E-state index is 10.5. The molecule has 1 aliphatic heterocycles. The average molecular weight is 193 g/mol. The zero-order chi connectivity index (χ0) is 8.97. The molecule has 0 amide bonds. The van der Waals surface area contributed by atoms with Crippen molar-refractivity contribution in [3.63, 3.8) is 0 Å². The lowest BCUT2D eigenvalue weighted by atomic mass is 10.4. The van der Waals surface area contributed by atoms with Gasteiger partial charge in [0.1, 0.15) is 0 Å². The molecule has 1 aliphatic rings. The summed E-state index contributed by atoms with van der Waals surface area (Å²) in [5.74, 6) is 0. The van der Waals surface area contributed by atoms with Crippen molar-refractivity contribution in [3.8, 4) is 0 Å². The highest BCUT2D eigenvalue weighted by molar-refractivity contribution is 7.76. The molecule has 72 valence electrons. The summed E-state index contributed by atoms with van der Waals surface area (Å²) >= 11 is -2.08. The molecule has 5 nitrogen and oxygen atoms in total. The molecule has 1 rings (SSSR count). The lowest BCUT2D eigenvalue weighted by molar-refractivity contribution is 0.150. The highest BCUT2D eigenvalue weighted by Gasteiger charge is 2.15. The average Bonchev–Trinajstić information content (AvgIpc) is 2.06. The number of piperazine rings is 1. The van der Waals surface area contributed by atoms with Crippen molar-refractivity contribution in [2.75, 3.05) is 39.3 Å². The van der Waals surface area contributed by atoms with Crippen molar-refractivity contribution >= 4 is 11.3 Å². The van der Waals surface area contributed by atoms with Crippen LogP contribution in [0.15, 0.2) is 0 Å². The second-order valence-electron chi connectivity index (χ2n) is 2.71. The first-order chi connectivity index (χ1) is 5.74. The van der Waals surface area contributed by atoms with Crippen LogP contribution >= 0.6 is 0 Å². The molecule has 0 aromatic rings. The number of aliphatic hydroxyl groups is 1. The number of rotatable bonds is 3. The minimum Gasteiger partial charge on any atom is -0.760 e. The standard InChI is InChI=1S/C6H14N2O3S/c9-6-5-7-1-3-8(4-2-7)12(10)11/h9H,1-6H2,(H,10,11)/p-1. The fourth-order valence-electron chi connectivity index (χ4n) is 1.24. The zero-order valence-electron chi connectivity index (χ0n) is 6.81. The summed E-state index contributed by atoms with van der Waals surface area (Å²) in [6.45, 7) is 3.29. The Kier molecular flexibility index (Phi) is 4.10. The number of nitrogens with zero attached hydrogens (tertiary/aromatic N) is 2. The van der Waals surface area contributed by atoms with Gasteiger partial charge in [-0.2, -0.15) is 0 Å². The van der Waals surface area contributed by atoms with Crippen LogP contribution in [0.25, 0.3) is 0 Å². The smallest absolute Gasteiger partial charge is 0.0558 e. The van der Waals surface area contributed by atoms with E-state index in [9.17, 15) is 8.76 Å². The summed E-state index contributed by atoms with van der Waals surface area (Å²) in [6, 6.07) is 0. The van der Waals surface area contributed by atoms with Crippen LogP contribution in [0.5, 0.6) is 0 Å². The Morgan fingerprint density at radius 3 is 2.33 bits per heavy atom. The van der Waals surface area contributed by atoms with Crippen molar-refractivity contribution in [3.05, 3.63) is 0 Å². The minimum atomic E-state index is -2.08. The van der Waals surface area contributed by atoms with Gasteiger partial charge in [0.25, 0.3) is 0 Å². The molecular weight excluding hydrogens is 180 g/mol. The van der Waals surface area contributed by atoms with Gasteiger partial charge in [-0.15, -0.1) is 0 Å². The maximum Gasteiger partial charge on any atom is 0.0558 e. The summed E-state index contributed by atoms with van der Waals surface area (Å²) in [6.07, 6.45) is 0. The Hall–Kier alpha value is -0.0100. The molecule has 0 aliphatic carbocycles. The predicted molar refractivity (Wildman–Crippen MR) is 44.0 cm³/mol. The molecule has 1 saturated heterocycles. The Morgan fingerprint density at radius 1 is 1.33 bits per heavy atom. The van der Waals surface area contributed by atoms with E-state index in [4.69, 9.17) is 5.11 Å². The van der Waals surface area contributed by atoms with Crippen molar-refractivity contribution in [2.24, 2.45) is 0 Å². The fraction of sp³-hybridized carbons (Fsp3) is 1.00. The molecule has 1 unspecified atom stereocenters. The SMILES string of the molecule is O=S([O-])N1CCN(CCO)CC1. The minimum absolute atomic E-state index is 0.139. The van der Waals surface area contributed by atoms with Gasteiger partial charge in [0.05, 0.1) is 6.61 Å². The Bertz CT molecular complexity index is 159. The second-order valence-corrected chi connectivity index (χ2v) is 3.66. The van der Waals surface area contributed by atoms with E-state index in [1.54, 1.807) is 0 Å². The van der Waals surface area contributed by atoms with Gasteiger partial charge in [0, 0.05) is 44.0 Å². The van der Waals surface area contributed by atoms with Gasteiger partial charge < -0.3 is 9.66 Å². The molecule has 0 bridgehead atoms. The maximum absolute atomic E-state index is 10.5. The highest BCUT2D eigenvalue weighted by atomic mass is 32.2.